The largest absolute Gasteiger partial charge is 0.410 e. The van der Waals surface area contributed by atoms with Gasteiger partial charge in [-0.05, 0) is 28.1 Å². The molecule has 1 amide bonds. The van der Waals surface area contributed by atoms with Gasteiger partial charge in [-0.25, -0.2) is 0 Å². The zero-order valence-corrected chi connectivity index (χ0v) is 8.15. The van der Waals surface area contributed by atoms with E-state index in [4.69, 9.17) is 5.21 Å². The Morgan fingerprint density at radius 2 is 2.00 bits per heavy atom. The van der Waals surface area contributed by atoms with Crippen LogP contribution < -0.4 is 5.32 Å². The van der Waals surface area contributed by atoms with Crippen molar-refractivity contribution in [2.45, 2.75) is 0 Å². The molecule has 1 rings (SSSR count). The Morgan fingerprint density at radius 3 is 2.54 bits per heavy atom. The van der Waals surface area contributed by atoms with E-state index in [-0.39, 0.29) is 4.62 Å². The fourth-order valence-electron chi connectivity index (χ4n) is 0.750. The van der Waals surface area contributed by atoms with E-state index in [0.29, 0.717) is 5.69 Å². The van der Waals surface area contributed by atoms with Crippen LogP contribution in [0.4, 0.5) is 5.69 Å². The summed E-state index contributed by atoms with van der Waals surface area (Å²) in [5.41, 5.74) is 0.646. The van der Waals surface area contributed by atoms with Crippen LogP contribution in [0.2, 0.25) is 0 Å². The molecule has 0 aromatic heterocycles. The minimum atomic E-state index is -0.492. The first-order valence-corrected chi connectivity index (χ1v) is 4.27. The van der Waals surface area contributed by atoms with E-state index in [1.54, 1.807) is 24.3 Å². The molecule has 0 heterocycles. The summed E-state index contributed by atoms with van der Waals surface area (Å²) in [6.07, 6.45) is 0. The number of benzene rings is 1. The highest BCUT2D eigenvalue weighted by Crippen LogP contribution is 2.05. The molecule has 0 aliphatic carbocycles. The number of anilines is 1. The Morgan fingerprint density at radius 1 is 1.38 bits per heavy atom. The van der Waals surface area contributed by atoms with E-state index >= 15 is 0 Å². The van der Waals surface area contributed by atoms with Gasteiger partial charge in [-0.2, -0.15) is 0 Å². The van der Waals surface area contributed by atoms with E-state index in [0.717, 1.165) is 0 Å². The number of para-hydroxylation sites is 1. The number of amides is 1. The van der Waals surface area contributed by atoms with Crippen LogP contribution in [0, 0.1) is 0 Å². The number of rotatable bonds is 2. The lowest BCUT2D eigenvalue weighted by atomic mass is 10.3. The third-order valence-corrected chi connectivity index (χ3v) is 1.83. The molecule has 0 aliphatic rings. The van der Waals surface area contributed by atoms with Gasteiger partial charge < -0.3 is 10.5 Å². The Hall–Kier alpha value is -1.36. The molecule has 68 valence electrons. The van der Waals surface area contributed by atoms with Crippen LogP contribution in [0.5, 0.6) is 0 Å². The lowest BCUT2D eigenvalue weighted by molar-refractivity contribution is -0.110. The van der Waals surface area contributed by atoms with Crippen molar-refractivity contribution >= 4 is 32.1 Å². The molecule has 2 N–H and O–H groups in total. The summed E-state index contributed by atoms with van der Waals surface area (Å²) in [6.45, 7) is 0. The van der Waals surface area contributed by atoms with E-state index in [1.165, 1.54) is 0 Å². The van der Waals surface area contributed by atoms with Gasteiger partial charge in [0, 0.05) is 5.69 Å². The summed E-state index contributed by atoms with van der Waals surface area (Å²) in [6, 6.07) is 8.88. The first-order valence-electron chi connectivity index (χ1n) is 3.48. The highest BCUT2D eigenvalue weighted by molar-refractivity contribution is 9.19. The van der Waals surface area contributed by atoms with Crippen LogP contribution in [-0.2, 0) is 4.79 Å². The molecule has 5 heteroatoms. The minimum absolute atomic E-state index is 0.156. The van der Waals surface area contributed by atoms with Crippen molar-refractivity contribution in [3.05, 3.63) is 30.3 Å². The molecule has 0 atom stereocenters. The normalized spacial score (nSPS) is 11.0. The zero-order chi connectivity index (χ0) is 9.68. The van der Waals surface area contributed by atoms with Crippen LogP contribution in [0.1, 0.15) is 0 Å². The van der Waals surface area contributed by atoms with E-state index in [9.17, 15) is 4.79 Å². The lowest BCUT2D eigenvalue weighted by Crippen LogP contribution is -2.17. The van der Waals surface area contributed by atoms with Gasteiger partial charge in [-0.1, -0.05) is 23.4 Å². The maximum atomic E-state index is 11.1. The molecule has 0 saturated carbocycles. The summed E-state index contributed by atoms with van der Waals surface area (Å²) >= 11 is 2.79. The predicted molar refractivity (Wildman–Crippen MR) is 53.2 cm³/mol. The van der Waals surface area contributed by atoms with Crippen LogP contribution >= 0.6 is 15.9 Å². The summed E-state index contributed by atoms with van der Waals surface area (Å²) < 4.78 is -0.156. The van der Waals surface area contributed by atoms with Crippen molar-refractivity contribution in [2.24, 2.45) is 5.16 Å². The van der Waals surface area contributed by atoms with Gasteiger partial charge in [-0.15, -0.1) is 0 Å². The van der Waals surface area contributed by atoms with E-state index < -0.39 is 5.91 Å². The minimum Gasteiger partial charge on any atom is -0.410 e. The molecule has 1 aromatic carbocycles. The SMILES string of the molecule is O=C(Nc1ccccc1)/C(Br)=N/O. The average molecular weight is 243 g/mol. The second kappa shape index (κ2) is 4.61. The topological polar surface area (TPSA) is 61.7 Å². The third-order valence-electron chi connectivity index (χ3n) is 1.31. The Balaban J connectivity index is 2.66. The molecule has 0 unspecified atom stereocenters. The third kappa shape index (κ3) is 2.87. The van der Waals surface area contributed by atoms with E-state index in [1.807, 2.05) is 6.07 Å². The summed E-state index contributed by atoms with van der Waals surface area (Å²) in [5.74, 6) is -0.492. The molecule has 0 radical (unpaired) electrons. The molecule has 0 saturated heterocycles. The summed E-state index contributed by atoms with van der Waals surface area (Å²) in [4.78, 5) is 11.1. The number of nitrogens with zero attached hydrogens (tertiary/aromatic N) is 1. The number of carbonyl (C=O) groups excluding carboxylic acids is 1. The van der Waals surface area contributed by atoms with Gasteiger partial charge >= 0.3 is 0 Å². The van der Waals surface area contributed by atoms with Crippen molar-refractivity contribution < 1.29 is 10.0 Å². The quantitative estimate of drug-likeness (QED) is 0.472. The zero-order valence-electron chi connectivity index (χ0n) is 6.57. The average Bonchev–Trinajstić information content (AvgIpc) is 2.18. The molecule has 1 aromatic rings. The molecule has 0 fully saturated rings. The molecule has 4 nitrogen and oxygen atoms in total. The van der Waals surface area contributed by atoms with Gasteiger partial charge in [0.15, 0.2) is 0 Å². The first kappa shape index (κ1) is 9.73. The van der Waals surface area contributed by atoms with Gasteiger partial charge in [-0.3, -0.25) is 4.79 Å². The monoisotopic (exact) mass is 242 g/mol. The Labute approximate surface area is 83.4 Å². The molecule has 0 bridgehead atoms. The first-order chi connectivity index (χ1) is 6.24. The van der Waals surface area contributed by atoms with Crippen molar-refractivity contribution in [1.82, 2.24) is 0 Å². The van der Waals surface area contributed by atoms with Crippen molar-refractivity contribution in [3.8, 4) is 0 Å². The smallest absolute Gasteiger partial charge is 0.284 e. The molecule has 13 heavy (non-hydrogen) atoms. The second-order valence-corrected chi connectivity index (χ2v) is 2.96. The fourth-order valence-corrected chi connectivity index (χ4v) is 0.849. The second-order valence-electron chi connectivity index (χ2n) is 2.21. The number of nitrogens with one attached hydrogen (secondary N) is 1. The fraction of sp³-hybridized carbons (Fsp3) is 0. The summed E-state index contributed by atoms with van der Waals surface area (Å²) in [7, 11) is 0. The van der Waals surface area contributed by atoms with Crippen molar-refractivity contribution in [3.63, 3.8) is 0 Å². The van der Waals surface area contributed by atoms with Crippen LogP contribution in [-0.4, -0.2) is 15.7 Å². The predicted octanol–water partition coefficient (Wildman–Crippen LogP) is 1.81. The van der Waals surface area contributed by atoms with Crippen LogP contribution in [0.25, 0.3) is 0 Å². The maximum Gasteiger partial charge on any atom is 0.284 e. The Bertz CT molecular complexity index is 324. The van der Waals surface area contributed by atoms with Gasteiger partial charge in [0.05, 0.1) is 0 Å². The molecular weight excluding hydrogens is 236 g/mol. The van der Waals surface area contributed by atoms with Crippen molar-refractivity contribution in [2.75, 3.05) is 5.32 Å². The number of hydrogen-bond acceptors (Lipinski definition) is 3. The van der Waals surface area contributed by atoms with Gasteiger partial charge in [0.1, 0.15) is 0 Å². The molecule has 0 aliphatic heterocycles. The highest BCUT2D eigenvalue weighted by Gasteiger charge is 2.07. The number of carbonyl (C=O) groups is 1. The van der Waals surface area contributed by atoms with Gasteiger partial charge in [0.2, 0.25) is 4.62 Å². The van der Waals surface area contributed by atoms with Crippen LogP contribution in [0.15, 0.2) is 35.5 Å². The highest BCUT2D eigenvalue weighted by atomic mass is 79.9. The van der Waals surface area contributed by atoms with Gasteiger partial charge in [0.25, 0.3) is 5.91 Å². The molecular formula is C8H7BrN2O2. The molecule has 0 spiro atoms. The van der Waals surface area contributed by atoms with Crippen LogP contribution in [0.3, 0.4) is 0 Å². The number of hydrogen-bond donors (Lipinski definition) is 2. The summed E-state index contributed by atoms with van der Waals surface area (Å²) in [5, 5.41) is 13.5. The van der Waals surface area contributed by atoms with E-state index in [2.05, 4.69) is 26.4 Å². The number of halogens is 1. The standard InChI is InChI=1S/C8H7BrN2O2/c9-7(11-13)8(12)10-6-4-2-1-3-5-6/h1-5,13H,(H,10,12)/b11-7-. The van der Waals surface area contributed by atoms with Crippen molar-refractivity contribution in [1.29, 1.82) is 0 Å². The lowest BCUT2D eigenvalue weighted by Gasteiger charge is -2.01. The maximum absolute atomic E-state index is 11.1. The Kier molecular flexibility index (Phi) is 3.45. The number of oxime groups is 1.